The molecular formula is C34H30N4O3S. The van der Waals surface area contributed by atoms with Crippen molar-refractivity contribution in [2.75, 3.05) is 10.6 Å². The lowest BCUT2D eigenvalue weighted by molar-refractivity contribution is -0.112. The van der Waals surface area contributed by atoms with Crippen molar-refractivity contribution in [3.63, 3.8) is 0 Å². The summed E-state index contributed by atoms with van der Waals surface area (Å²) in [5, 5.41) is 7.55. The van der Waals surface area contributed by atoms with Crippen LogP contribution >= 0.6 is 0 Å². The predicted molar refractivity (Wildman–Crippen MR) is 171 cm³/mol. The van der Waals surface area contributed by atoms with Crippen LogP contribution < -0.4 is 16.4 Å². The lowest BCUT2D eigenvalue weighted by Crippen LogP contribution is -2.29. The number of rotatable bonds is 7. The van der Waals surface area contributed by atoms with Gasteiger partial charge in [0, 0.05) is 11.4 Å². The summed E-state index contributed by atoms with van der Waals surface area (Å²) in [6.45, 7) is 3.88. The van der Waals surface area contributed by atoms with Crippen LogP contribution in [0, 0.1) is 13.8 Å². The molecule has 1 amide bonds. The average molecular weight is 575 g/mol. The Morgan fingerprint density at radius 1 is 0.667 bits per heavy atom. The van der Waals surface area contributed by atoms with Gasteiger partial charge in [0.15, 0.2) is 5.84 Å². The van der Waals surface area contributed by atoms with Gasteiger partial charge in [-0.05, 0) is 66.6 Å². The van der Waals surface area contributed by atoms with E-state index in [1.54, 1.807) is 60.7 Å². The minimum absolute atomic E-state index is 0.0132. The number of benzene rings is 5. The van der Waals surface area contributed by atoms with E-state index < -0.39 is 15.9 Å². The number of anilines is 2. The number of fused-ring (bicyclic) bond motifs is 1. The molecule has 5 aromatic rings. The second-order valence-electron chi connectivity index (χ2n) is 9.89. The van der Waals surface area contributed by atoms with Gasteiger partial charge in [0.2, 0.25) is 0 Å². The number of aryl methyl sites for hydroxylation is 2. The van der Waals surface area contributed by atoms with E-state index in [1.807, 2.05) is 68.4 Å². The maximum absolute atomic E-state index is 13.9. The van der Waals surface area contributed by atoms with Gasteiger partial charge in [0.25, 0.3) is 15.9 Å². The van der Waals surface area contributed by atoms with Crippen LogP contribution in [-0.2, 0) is 14.8 Å². The zero-order valence-corrected chi connectivity index (χ0v) is 24.0. The number of nitrogens with one attached hydrogen (secondary N) is 2. The molecule has 0 saturated heterocycles. The largest absolute Gasteiger partial charge is 0.397 e. The van der Waals surface area contributed by atoms with Crippen LogP contribution in [0.1, 0.15) is 16.7 Å². The monoisotopic (exact) mass is 574 g/mol. The summed E-state index contributed by atoms with van der Waals surface area (Å²) in [4.78, 5) is 13.9. The van der Waals surface area contributed by atoms with E-state index in [2.05, 4.69) is 15.0 Å². The molecule has 4 N–H and O–H groups in total. The zero-order chi connectivity index (χ0) is 29.7. The second-order valence-corrected chi connectivity index (χ2v) is 11.5. The molecule has 0 radical (unpaired) electrons. The molecule has 210 valence electrons. The SMILES string of the molecule is Cc1ccc(NC(=O)C(=C(\N)c2ccc(C)cc2)/C(=N\S(=O)(=O)c2ccc3ccccc3c2)Nc2ccccc2)cc1. The Hall–Kier alpha value is -5.21. The standard InChI is InChI=1S/C34H30N4O3S/c1-23-12-16-26(17-13-23)32(35)31(34(39)37-29-19-14-24(2)15-20-29)33(36-28-10-4-3-5-11-28)38-42(40,41)30-21-18-25-8-6-7-9-27(25)22-30/h3-22H,35H2,1-2H3,(H,36,38)(H,37,39)/b32-31-. The smallest absolute Gasteiger partial charge is 0.284 e. The number of para-hydroxylation sites is 1. The Labute approximate surface area is 245 Å². The highest BCUT2D eigenvalue weighted by Gasteiger charge is 2.25. The normalized spacial score (nSPS) is 12.5. The van der Waals surface area contributed by atoms with Crippen molar-refractivity contribution in [2.45, 2.75) is 18.7 Å². The fraction of sp³-hybridized carbons (Fsp3) is 0.0588. The van der Waals surface area contributed by atoms with Crippen LogP contribution in [0.25, 0.3) is 16.5 Å². The number of sulfonamides is 1. The van der Waals surface area contributed by atoms with Gasteiger partial charge < -0.3 is 16.4 Å². The highest BCUT2D eigenvalue weighted by molar-refractivity contribution is 7.90. The molecular weight excluding hydrogens is 544 g/mol. The van der Waals surface area contributed by atoms with Crippen LogP contribution in [0.15, 0.2) is 136 Å². The minimum Gasteiger partial charge on any atom is -0.397 e. The fourth-order valence-corrected chi connectivity index (χ4v) is 5.35. The van der Waals surface area contributed by atoms with Crippen molar-refractivity contribution in [3.05, 3.63) is 144 Å². The summed E-state index contributed by atoms with van der Waals surface area (Å²) in [6, 6.07) is 35.7. The van der Waals surface area contributed by atoms with Crippen LogP contribution in [0.3, 0.4) is 0 Å². The van der Waals surface area contributed by atoms with Gasteiger partial charge in [-0.25, -0.2) is 0 Å². The summed E-state index contributed by atoms with van der Waals surface area (Å²) in [5.74, 6) is -0.829. The van der Waals surface area contributed by atoms with Crippen molar-refractivity contribution in [1.82, 2.24) is 0 Å². The van der Waals surface area contributed by atoms with Crippen molar-refractivity contribution in [3.8, 4) is 0 Å². The van der Waals surface area contributed by atoms with E-state index in [0.29, 0.717) is 16.9 Å². The Morgan fingerprint density at radius 2 is 1.24 bits per heavy atom. The molecule has 0 saturated carbocycles. The van der Waals surface area contributed by atoms with Crippen LogP contribution in [0.5, 0.6) is 0 Å². The first-order valence-corrected chi connectivity index (χ1v) is 14.7. The molecule has 0 aliphatic heterocycles. The maximum atomic E-state index is 13.9. The Kier molecular flexibility index (Phi) is 8.17. The fourth-order valence-electron chi connectivity index (χ4n) is 4.36. The second kappa shape index (κ2) is 12.1. The Morgan fingerprint density at radius 3 is 1.90 bits per heavy atom. The van der Waals surface area contributed by atoms with Crippen LogP contribution in [0.2, 0.25) is 0 Å². The third kappa shape index (κ3) is 6.56. The summed E-state index contributed by atoms with van der Waals surface area (Å²) in [6.07, 6.45) is 0. The number of nitrogens with zero attached hydrogens (tertiary/aromatic N) is 1. The third-order valence-corrected chi connectivity index (χ3v) is 7.94. The summed E-state index contributed by atoms with van der Waals surface area (Å²) in [7, 11) is -4.29. The molecule has 0 heterocycles. The number of hydrogen-bond acceptors (Lipinski definition) is 4. The highest BCUT2D eigenvalue weighted by Crippen LogP contribution is 2.24. The van der Waals surface area contributed by atoms with E-state index in [-0.39, 0.29) is 22.0 Å². The van der Waals surface area contributed by atoms with Gasteiger partial charge in [0.05, 0.1) is 10.6 Å². The molecule has 0 fully saturated rings. The first-order valence-electron chi connectivity index (χ1n) is 13.3. The minimum atomic E-state index is -4.29. The maximum Gasteiger partial charge on any atom is 0.284 e. The van der Waals surface area contributed by atoms with Gasteiger partial charge in [-0.15, -0.1) is 4.40 Å². The van der Waals surface area contributed by atoms with Gasteiger partial charge in [-0.2, -0.15) is 8.42 Å². The Bertz CT molecular complexity index is 1910. The van der Waals surface area contributed by atoms with Gasteiger partial charge in [-0.3, -0.25) is 4.79 Å². The molecule has 5 rings (SSSR count). The van der Waals surface area contributed by atoms with Crippen molar-refractivity contribution in [1.29, 1.82) is 0 Å². The Balaban J connectivity index is 1.69. The number of amidine groups is 1. The lowest BCUT2D eigenvalue weighted by atomic mass is 10.0. The van der Waals surface area contributed by atoms with E-state index >= 15 is 0 Å². The molecule has 0 aromatic heterocycles. The highest BCUT2D eigenvalue weighted by atomic mass is 32.2. The molecule has 8 heteroatoms. The lowest BCUT2D eigenvalue weighted by Gasteiger charge is -2.17. The van der Waals surface area contributed by atoms with Gasteiger partial charge in [-0.1, -0.05) is 96.1 Å². The first-order chi connectivity index (χ1) is 20.2. The number of nitrogens with two attached hydrogens (primary N) is 1. The van der Waals surface area contributed by atoms with Crippen molar-refractivity contribution < 1.29 is 13.2 Å². The number of amides is 1. The van der Waals surface area contributed by atoms with E-state index in [0.717, 1.165) is 21.9 Å². The number of hydrogen-bond donors (Lipinski definition) is 3. The van der Waals surface area contributed by atoms with Gasteiger partial charge in [0.1, 0.15) is 5.57 Å². The quantitative estimate of drug-likeness (QED) is 0.114. The molecule has 0 aliphatic rings. The number of carbonyl (C=O) groups excluding carboxylic acids is 1. The molecule has 0 atom stereocenters. The van der Waals surface area contributed by atoms with Gasteiger partial charge >= 0.3 is 0 Å². The van der Waals surface area contributed by atoms with E-state index in [1.165, 1.54) is 6.07 Å². The van der Waals surface area contributed by atoms with Crippen LogP contribution in [0.4, 0.5) is 11.4 Å². The predicted octanol–water partition coefficient (Wildman–Crippen LogP) is 6.66. The molecule has 0 unspecified atom stereocenters. The summed E-state index contributed by atoms with van der Waals surface area (Å²) >= 11 is 0. The van der Waals surface area contributed by atoms with Crippen molar-refractivity contribution in [2.24, 2.45) is 10.1 Å². The molecule has 0 bridgehead atoms. The molecule has 42 heavy (non-hydrogen) atoms. The van der Waals surface area contributed by atoms with E-state index in [4.69, 9.17) is 5.73 Å². The zero-order valence-electron chi connectivity index (χ0n) is 23.2. The molecule has 7 nitrogen and oxygen atoms in total. The van der Waals surface area contributed by atoms with Crippen LogP contribution in [-0.4, -0.2) is 20.2 Å². The topological polar surface area (TPSA) is 114 Å². The first kappa shape index (κ1) is 28.3. The summed E-state index contributed by atoms with van der Waals surface area (Å²) < 4.78 is 31.8. The van der Waals surface area contributed by atoms with E-state index in [9.17, 15) is 13.2 Å². The third-order valence-electron chi connectivity index (χ3n) is 6.67. The van der Waals surface area contributed by atoms with Crippen molar-refractivity contribution >= 4 is 49.6 Å². The summed E-state index contributed by atoms with van der Waals surface area (Å²) in [5.41, 5.74) is 10.2. The average Bonchev–Trinajstić information content (AvgIpc) is 2.99. The number of carbonyl (C=O) groups is 1. The molecule has 0 aliphatic carbocycles. The molecule has 5 aromatic carbocycles. The molecule has 0 spiro atoms.